The summed E-state index contributed by atoms with van der Waals surface area (Å²) in [5, 5.41) is 17.5. The molecule has 13 heavy (non-hydrogen) atoms. The first-order valence-electron chi connectivity index (χ1n) is 3.29. The van der Waals surface area contributed by atoms with Crippen LogP contribution in [0, 0.1) is 0 Å². The van der Waals surface area contributed by atoms with Gasteiger partial charge in [0.05, 0.1) is 0 Å². The number of furan rings is 1. The van der Waals surface area contributed by atoms with Crippen molar-refractivity contribution in [2.24, 2.45) is 0 Å². The molecule has 0 radical (unpaired) electrons. The van der Waals surface area contributed by atoms with E-state index >= 15 is 0 Å². The van der Waals surface area contributed by atoms with Crippen molar-refractivity contribution in [2.45, 2.75) is 12.0 Å². The third kappa shape index (κ3) is 2.28. The monoisotopic (exact) mass is 208 g/mol. The van der Waals surface area contributed by atoms with Crippen molar-refractivity contribution in [1.29, 1.82) is 0 Å². The summed E-state index contributed by atoms with van der Waals surface area (Å²) in [6.07, 6.45) is 0. The second-order valence-corrected chi connectivity index (χ2v) is 3.81. The molecule has 1 atom stereocenters. The summed E-state index contributed by atoms with van der Waals surface area (Å²) in [6, 6.07) is 2.45. The molecule has 1 heterocycles. The van der Waals surface area contributed by atoms with Crippen molar-refractivity contribution in [1.82, 2.24) is 0 Å². The van der Waals surface area contributed by atoms with Crippen LogP contribution < -0.4 is 0 Å². The van der Waals surface area contributed by atoms with Crippen molar-refractivity contribution in [3.8, 4) is 0 Å². The van der Waals surface area contributed by atoms with Gasteiger partial charge in [-0.15, -0.1) is 0 Å². The Hall–Kier alpha value is -0.890. The lowest BCUT2D eigenvalue weighted by atomic mass is 10.4. The molecule has 1 rings (SSSR count). The van der Waals surface area contributed by atoms with Gasteiger partial charge in [-0.25, -0.2) is 0 Å². The fourth-order valence-electron chi connectivity index (χ4n) is 0.759. The summed E-state index contributed by atoms with van der Waals surface area (Å²) in [6.45, 7) is -0.405. The minimum atomic E-state index is -4.57. The van der Waals surface area contributed by atoms with Crippen LogP contribution in [-0.4, -0.2) is 23.2 Å². The molecule has 1 unspecified atom stereocenters. The van der Waals surface area contributed by atoms with E-state index in [0.29, 0.717) is 0 Å². The minimum absolute atomic E-state index is 0.109. The molecule has 0 amide bonds. The number of aliphatic hydroxyl groups excluding tert-OH is 2. The standard InChI is InChI=1S/C6H8O6S/c7-3-4-1-2-5(12-4)6(8)13(9,10)11/h1-2,6-8H,3H2,(H,9,10,11). The Kier molecular flexibility index (Phi) is 2.71. The molecule has 0 bridgehead atoms. The van der Waals surface area contributed by atoms with E-state index in [4.69, 9.17) is 14.8 Å². The van der Waals surface area contributed by atoms with Gasteiger partial charge in [0, 0.05) is 0 Å². The fraction of sp³-hybridized carbons (Fsp3) is 0.333. The molecule has 1 aromatic heterocycles. The van der Waals surface area contributed by atoms with Gasteiger partial charge in [-0.3, -0.25) is 4.55 Å². The van der Waals surface area contributed by atoms with Gasteiger partial charge in [0.15, 0.2) is 5.76 Å². The quantitative estimate of drug-likeness (QED) is 0.586. The van der Waals surface area contributed by atoms with Crippen LogP contribution >= 0.6 is 0 Å². The Bertz CT molecular complexity index is 378. The van der Waals surface area contributed by atoms with Crippen molar-refractivity contribution < 1.29 is 27.6 Å². The maximum Gasteiger partial charge on any atom is 0.299 e. The van der Waals surface area contributed by atoms with Crippen LogP contribution in [-0.2, 0) is 16.7 Å². The zero-order chi connectivity index (χ0) is 10.1. The summed E-state index contributed by atoms with van der Waals surface area (Å²) < 4.78 is 33.9. The third-order valence-corrected chi connectivity index (χ3v) is 2.16. The van der Waals surface area contributed by atoms with Crippen molar-refractivity contribution in [2.75, 3.05) is 0 Å². The van der Waals surface area contributed by atoms with Crippen LogP contribution in [0.3, 0.4) is 0 Å². The summed E-state index contributed by atoms with van der Waals surface area (Å²) in [5.41, 5.74) is -2.10. The highest BCUT2D eigenvalue weighted by atomic mass is 32.2. The molecule has 0 aliphatic carbocycles. The number of rotatable bonds is 3. The molecular weight excluding hydrogens is 200 g/mol. The zero-order valence-electron chi connectivity index (χ0n) is 6.41. The fourth-order valence-corrected chi connectivity index (χ4v) is 1.18. The van der Waals surface area contributed by atoms with E-state index in [0.717, 1.165) is 6.07 Å². The molecule has 0 saturated carbocycles. The maximum atomic E-state index is 10.4. The van der Waals surface area contributed by atoms with E-state index in [1.54, 1.807) is 0 Å². The Morgan fingerprint density at radius 2 is 2.08 bits per heavy atom. The average molecular weight is 208 g/mol. The second-order valence-electron chi connectivity index (χ2n) is 2.33. The molecule has 0 aromatic carbocycles. The van der Waals surface area contributed by atoms with Gasteiger partial charge in [-0.05, 0) is 12.1 Å². The molecule has 0 aliphatic heterocycles. The van der Waals surface area contributed by atoms with Crippen molar-refractivity contribution in [3.63, 3.8) is 0 Å². The third-order valence-electron chi connectivity index (χ3n) is 1.36. The number of aliphatic hydroxyl groups is 2. The topological polar surface area (TPSA) is 108 Å². The highest BCUT2D eigenvalue weighted by molar-refractivity contribution is 7.85. The summed E-state index contributed by atoms with van der Waals surface area (Å²) in [4.78, 5) is 0. The van der Waals surface area contributed by atoms with E-state index < -0.39 is 22.2 Å². The van der Waals surface area contributed by atoms with Crippen LogP contribution in [0.4, 0.5) is 0 Å². The van der Waals surface area contributed by atoms with Gasteiger partial charge in [-0.1, -0.05) is 0 Å². The predicted octanol–water partition coefficient (Wildman–Crippen LogP) is -0.349. The lowest BCUT2D eigenvalue weighted by Gasteiger charge is -2.02. The van der Waals surface area contributed by atoms with Gasteiger partial charge in [0.25, 0.3) is 10.1 Å². The van der Waals surface area contributed by atoms with Gasteiger partial charge in [0.2, 0.25) is 5.44 Å². The van der Waals surface area contributed by atoms with Crippen LogP contribution in [0.25, 0.3) is 0 Å². The Labute approximate surface area is 74.2 Å². The molecule has 0 saturated heterocycles. The van der Waals surface area contributed by atoms with E-state index in [1.165, 1.54) is 6.07 Å². The summed E-state index contributed by atoms with van der Waals surface area (Å²) in [5.74, 6) is -0.218. The average Bonchev–Trinajstić information content (AvgIpc) is 2.48. The first-order valence-corrected chi connectivity index (χ1v) is 4.79. The maximum absolute atomic E-state index is 10.4. The smallest absolute Gasteiger partial charge is 0.299 e. The molecule has 0 fully saturated rings. The molecule has 0 spiro atoms. The lowest BCUT2D eigenvalue weighted by molar-refractivity contribution is 0.193. The Morgan fingerprint density at radius 3 is 2.46 bits per heavy atom. The first-order chi connectivity index (χ1) is 5.95. The number of hydrogen-bond donors (Lipinski definition) is 3. The molecule has 6 nitrogen and oxygen atoms in total. The predicted molar refractivity (Wildman–Crippen MR) is 41.1 cm³/mol. The molecule has 0 aliphatic rings. The normalized spacial score (nSPS) is 14.4. The molecule has 3 N–H and O–H groups in total. The van der Waals surface area contributed by atoms with Crippen LogP contribution in [0.1, 0.15) is 17.0 Å². The molecular formula is C6H8O6S. The van der Waals surface area contributed by atoms with Crippen molar-refractivity contribution >= 4 is 10.1 Å². The van der Waals surface area contributed by atoms with E-state index in [1.807, 2.05) is 0 Å². The Balaban J connectivity index is 2.96. The highest BCUT2D eigenvalue weighted by Gasteiger charge is 2.25. The summed E-state index contributed by atoms with van der Waals surface area (Å²) >= 11 is 0. The largest absolute Gasteiger partial charge is 0.460 e. The second kappa shape index (κ2) is 3.46. The lowest BCUT2D eigenvalue weighted by Crippen LogP contribution is -2.10. The molecule has 1 aromatic rings. The van der Waals surface area contributed by atoms with Crippen LogP contribution in [0.15, 0.2) is 16.5 Å². The van der Waals surface area contributed by atoms with Gasteiger partial charge >= 0.3 is 0 Å². The van der Waals surface area contributed by atoms with E-state index in [-0.39, 0.29) is 11.5 Å². The zero-order valence-corrected chi connectivity index (χ0v) is 7.23. The van der Waals surface area contributed by atoms with Gasteiger partial charge in [-0.2, -0.15) is 8.42 Å². The van der Waals surface area contributed by atoms with E-state index in [9.17, 15) is 8.42 Å². The van der Waals surface area contributed by atoms with Gasteiger partial charge < -0.3 is 14.6 Å². The van der Waals surface area contributed by atoms with Gasteiger partial charge in [0.1, 0.15) is 12.4 Å². The minimum Gasteiger partial charge on any atom is -0.460 e. The van der Waals surface area contributed by atoms with E-state index in [2.05, 4.69) is 4.42 Å². The Morgan fingerprint density at radius 1 is 1.46 bits per heavy atom. The molecule has 7 heteroatoms. The van der Waals surface area contributed by atoms with Crippen molar-refractivity contribution in [3.05, 3.63) is 23.7 Å². The summed E-state index contributed by atoms with van der Waals surface area (Å²) in [7, 11) is -4.57. The highest BCUT2D eigenvalue weighted by Crippen LogP contribution is 2.20. The molecule has 74 valence electrons. The van der Waals surface area contributed by atoms with Crippen LogP contribution in [0.2, 0.25) is 0 Å². The number of hydrogen-bond acceptors (Lipinski definition) is 5. The SMILES string of the molecule is O=S(=O)(O)C(O)c1ccc(CO)o1. The van der Waals surface area contributed by atoms with Crippen LogP contribution in [0.5, 0.6) is 0 Å². The first kappa shape index (κ1) is 10.2.